The average molecular weight is 377 g/mol. The highest BCUT2D eigenvalue weighted by Gasteiger charge is 2.30. The minimum absolute atomic E-state index is 0.143. The normalized spacial score (nSPS) is 17.9. The van der Waals surface area contributed by atoms with Crippen molar-refractivity contribution in [1.29, 1.82) is 0 Å². The fraction of sp³-hybridized carbons (Fsp3) is 0.533. The predicted molar refractivity (Wildman–Crippen MR) is 85.0 cm³/mol. The number of piperidine rings is 1. The molecule has 0 aromatic carbocycles. The van der Waals surface area contributed by atoms with E-state index in [-0.39, 0.29) is 12.5 Å². The maximum absolute atomic E-state index is 12.3. The number of likely N-dealkylation sites (tertiary alicyclic amines) is 1. The number of hydrogen-bond acceptors (Lipinski definition) is 4. The van der Waals surface area contributed by atoms with Crippen molar-refractivity contribution in [3.05, 3.63) is 22.4 Å². The van der Waals surface area contributed by atoms with E-state index in [2.05, 4.69) is 5.32 Å². The van der Waals surface area contributed by atoms with Gasteiger partial charge in [-0.1, -0.05) is 6.07 Å². The molecule has 1 aromatic rings. The molecule has 1 saturated heterocycles. The number of alkyl halides is 3. The van der Waals surface area contributed by atoms with Gasteiger partial charge in [0.2, 0.25) is 11.8 Å². The fourth-order valence-electron chi connectivity index (χ4n) is 2.50. The van der Waals surface area contributed by atoms with Crippen LogP contribution in [0.25, 0.3) is 0 Å². The van der Waals surface area contributed by atoms with Crippen LogP contribution in [-0.2, 0) is 9.59 Å². The van der Waals surface area contributed by atoms with Crippen molar-refractivity contribution in [2.75, 3.05) is 26.2 Å². The lowest BCUT2D eigenvalue weighted by atomic mass is 9.97. The summed E-state index contributed by atoms with van der Waals surface area (Å²) in [6.07, 6.45) is -3.29. The predicted octanol–water partition coefficient (Wildman–Crippen LogP) is 1.40. The van der Waals surface area contributed by atoms with E-state index in [0.717, 1.165) is 0 Å². The number of amides is 3. The highest BCUT2D eigenvalue weighted by molar-refractivity contribution is 7.12. The lowest BCUT2D eigenvalue weighted by Gasteiger charge is -2.31. The first-order valence-corrected chi connectivity index (χ1v) is 8.58. The SMILES string of the molecule is O=C(CNC(=O)C1CCCN(C(=O)c2cccs2)C1)NCC(F)(F)F. The summed E-state index contributed by atoms with van der Waals surface area (Å²) in [6.45, 7) is -1.18. The molecule has 1 aromatic heterocycles. The van der Waals surface area contributed by atoms with Gasteiger partial charge in [-0.05, 0) is 24.3 Å². The summed E-state index contributed by atoms with van der Waals surface area (Å²) in [4.78, 5) is 37.9. The third-order valence-corrected chi connectivity index (χ3v) is 4.58. The number of hydrogen-bond donors (Lipinski definition) is 2. The van der Waals surface area contributed by atoms with E-state index < -0.39 is 37.0 Å². The van der Waals surface area contributed by atoms with Gasteiger partial charge in [0.05, 0.1) is 17.3 Å². The standard InChI is InChI=1S/C15H18F3N3O3S/c16-15(17,18)9-20-12(22)7-19-13(23)10-3-1-5-21(8-10)14(24)11-4-2-6-25-11/h2,4,6,10H,1,3,5,7-9H2,(H,19,23)(H,20,22). The van der Waals surface area contributed by atoms with Crippen LogP contribution >= 0.6 is 11.3 Å². The first-order valence-electron chi connectivity index (χ1n) is 7.70. The summed E-state index contributed by atoms with van der Waals surface area (Å²) >= 11 is 1.32. The summed E-state index contributed by atoms with van der Waals surface area (Å²) in [6, 6.07) is 3.48. The number of carbonyl (C=O) groups excluding carboxylic acids is 3. The fourth-order valence-corrected chi connectivity index (χ4v) is 3.20. The molecule has 0 saturated carbocycles. The molecule has 1 fully saturated rings. The van der Waals surface area contributed by atoms with Crippen LogP contribution in [0.2, 0.25) is 0 Å². The van der Waals surface area contributed by atoms with E-state index in [9.17, 15) is 27.6 Å². The third-order valence-electron chi connectivity index (χ3n) is 3.72. The second-order valence-corrected chi connectivity index (χ2v) is 6.63. The number of halogens is 3. The quantitative estimate of drug-likeness (QED) is 0.814. The zero-order chi connectivity index (χ0) is 18.4. The van der Waals surface area contributed by atoms with Crippen LogP contribution in [0.5, 0.6) is 0 Å². The second-order valence-electron chi connectivity index (χ2n) is 5.68. The molecular formula is C15H18F3N3O3S. The van der Waals surface area contributed by atoms with Crippen LogP contribution in [0.4, 0.5) is 13.2 Å². The lowest BCUT2D eigenvalue weighted by molar-refractivity contribution is -0.138. The second kappa shape index (κ2) is 8.32. The Labute approximate surface area is 146 Å². The number of nitrogens with one attached hydrogen (secondary N) is 2. The van der Waals surface area contributed by atoms with Gasteiger partial charge in [-0.3, -0.25) is 14.4 Å². The molecule has 1 unspecified atom stereocenters. The Morgan fingerprint density at radius 1 is 1.28 bits per heavy atom. The first-order chi connectivity index (χ1) is 11.8. The van der Waals surface area contributed by atoms with E-state index in [1.54, 1.807) is 27.7 Å². The molecule has 0 bridgehead atoms. The maximum atomic E-state index is 12.3. The van der Waals surface area contributed by atoms with Crippen molar-refractivity contribution in [3.8, 4) is 0 Å². The minimum Gasteiger partial charge on any atom is -0.347 e. The van der Waals surface area contributed by atoms with Crippen molar-refractivity contribution < 1.29 is 27.6 Å². The smallest absolute Gasteiger partial charge is 0.347 e. The molecule has 0 aliphatic carbocycles. The summed E-state index contributed by atoms with van der Waals surface area (Å²) < 4.78 is 36.0. The van der Waals surface area contributed by atoms with Gasteiger partial charge < -0.3 is 15.5 Å². The Morgan fingerprint density at radius 3 is 2.68 bits per heavy atom. The molecule has 1 atom stereocenters. The van der Waals surface area contributed by atoms with Gasteiger partial charge in [0, 0.05) is 13.1 Å². The zero-order valence-electron chi connectivity index (χ0n) is 13.3. The van der Waals surface area contributed by atoms with Crippen LogP contribution in [-0.4, -0.2) is 55.0 Å². The molecule has 1 aliphatic heterocycles. The van der Waals surface area contributed by atoms with Gasteiger partial charge in [-0.15, -0.1) is 11.3 Å². The van der Waals surface area contributed by atoms with E-state index in [4.69, 9.17) is 0 Å². The van der Waals surface area contributed by atoms with Crippen LogP contribution < -0.4 is 10.6 Å². The molecular weight excluding hydrogens is 359 g/mol. The van der Waals surface area contributed by atoms with Crippen molar-refractivity contribution >= 4 is 29.1 Å². The van der Waals surface area contributed by atoms with Gasteiger partial charge in [0.25, 0.3) is 5.91 Å². The summed E-state index contributed by atoms with van der Waals surface area (Å²) in [5.74, 6) is -1.97. The van der Waals surface area contributed by atoms with Gasteiger partial charge >= 0.3 is 6.18 Å². The maximum Gasteiger partial charge on any atom is 0.405 e. The topological polar surface area (TPSA) is 78.5 Å². The van der Waals surface area contributed by atoms with Crippen molar-refractivity contribution in [1.82, 2.24) is 15.5 Å². The third kappa shape index (κ3) is 6.04. The van der Waals surface area contributed by atoms with Crippen LogP contribution in [0.3, 0.4) is 0 Å². The minimum atomic E-state index is -4.49. The molecule has 6 nitrogen and oxygen atoms in total. The zero-order valence-corrected chi connectivity index (χ0v) is 14.1. The van der Waals surface area contributed by atoms with Gasteiger partial charge in [0.1, 0.15) is 6.54 Å². The van der Waals surface area contributed by atoms with Crippen molar-refractivity contribution in [3.63, 3.8) is 0 Å². The number of rotatable bonds is 5. The van der Waals surface area contributed by atoms with Crippen LogP contribution in [0.15, 0.2) is 17.5 Å². The lowest BCUT2D eigenvalue weighted by Crippen LogP contribution is -2.47. The molecule has 0 radical (unpaired) electrons. The monoisotopic (exact) mass is 377 g/mol. The molecule has 25 heavy (non-hydrogen) atoms. The number of carbonyl (C=O) groups is 3. The van der Waals surface area contributed by atoms with E-state index in [1.165, 1.54) is 11.3 Å². The molecule has 10 heteroatoms. The number of thiophene rings is 1. The molecule has 2 heterocycles. The Kier molecular flexibility index (Phi) is 6.40. The van der Waals surface area contributed by atoms with E-state index >= 15 is 0 Å². The Hall–Kier alpha value is -2.10. The molecule has 2 N–H and O–H groups in total. The van der Waals surface area contributed by atoms with E-state index in [1.807, 2.05) is 0 Å². The molecule has 3 amide bonds. The highest BCUT2D eigenvalue weighted by Crippen LogP contribution is 2.20. The summed E-state index contributed by atoms with van der Waals surface area (Å²) in [5.41, 5.74) is 0. The average Bonchev–Trinajstić information content (AvgIpc) is 3.11. The van der Waals surface area contributed by atoms with E-state index in [0.29, 0.717) is 24.3 Å². The van der Waals surface area contributed by atoms with Crippen molar-refractivity contribution in [2.45, 2.75) is 19.0 Å². The molecule has 1 aliphatic rings. The largest absolute Gasteiger partial charge is 0.405 e. The molecule has 0 spiro atoms. The Balaban J connectivity index is 1.79. The van der Waals surface area contributed by atoms with Crippen LogP contribution in [0.1, 0.15) is 22.5 Å². The van der Waals surface area contributed by atoms with Gasteiger partial charge in [-0.25, -0.2) is 0 Å². The summed E-state index contributed by atoms with van der Waals surface area (Å²) in [7, 11) is 0. The highest BCUT2D eigenvalue weighted by atomic mass is 32.1. The summed E-state index contributed by atoms with van der Waals surface area (Å²) in [5, 5.41) is 5.81. The Morgan fingerprint density at radius 2 is 2.04 bits per heavy atom. The van der Waals surface area contributed by atoms with Crippen LogP contribution in [0, 0.1) is 5.92 Å². The van der Waals surface area contributed by atoms with Crippen molar-refractivity contribution in [2.24, 2.45) is 5.92 Å². The Bertz CT molecular complexity index is 619. The molecule has 138 valence electrons. The molecule has 2 rings (SSSR count). The van der Waals surface area contributed by atoms with Gasteiger partial charge in [-0.2, -0.15) is 13.2 Å². The number of nitrogens with zero attached hydrogens (tertiary/aromatic N) is 1. The first kappa shape index (κ1) is 19.2. The van der Waals surface area contributed by atoms with Gasteiger partial charge in [0.15, 0.2) is 0 Å².